The first kappa shape index (κ1) is 15.7. The molecule has 1 amide bonds. The number of carbonyl (C=O) groups excluding carboxylic acids is 1. The Hall–Kier alpha value is -1.18. The SMILES string of the molecule is Cc1sc2ncnc(SCC(=O)N3CCCNCC3)c2c1C. The topological polar surface area (TPSA) is 58.1 Å². The van der Waals surface area contributed by atoms with Gasteiger partial charge in [0.2, 0.25) is 5.91 Å². The van der Waals surface area contributed by atoms with Gasteiger partial charge in [-0.25, -0.2) is 9.97 Å². The number of aromatic nitrogens is 2. The fraction of sp³-hybridized carbons (Fsp3) is 0.533. The second-order valence-corrected chi connectivity index (χ2v) is 7.58. The van der Waals surface area contributed by atoms with Crippen LogP contribution in [0.4, 0.5) is 0 Å². The number of fused-ring (bicyclic) bond motifs is 1. The van der Waals surface area contributed by atoms with Crippen LogP contribution in [0.5, 0.6) is 0 Å². The van der Waals surface area contributed by atoms with Crippen LogP contribution in [0.25, 0.3) is 10.2 Å². The molecule has 2 aromatic heterocycles. The smallest absolute Gasteiger partial charge is 0.233 e. The zero-order valence-electron chi connectivity index (χ0n) is 12.9. The largest absolute Gasteiger partial charge is 0.341 e. The monoisotopic (exact) mass is 336 g/mol. The summed E-state index contributed by atoms with van der Waals surface area (Å²) in [6.07, 6.45) is 2.62. The van der Waals surface area contributed by atoms with Gasteiger partial charge in [-0.05, 0) is 32.4 Å². The van der Waals surface area contributed by atoms with Crippen molar-refractivity contribution in [1.82, 2.24) is 20.2 Å². The molecule has 3 heterocycles. The molecule has 5 nitrogen and oxygen atoms in total. The number of thioether (sulfide) groups is 1. The van der Waals surface area contributed by atoms with Crippen molar-refractivity contribution < 1.29 is 4.79 Å². The van der Waals surface area contributed by atoms with Crippen molar-refractivity contribution in [3.05, 3.63) is 16.8 Å². The van der Waals surface area contributed by atoms with Crippen molar-refractivity contribution in [3.63, 3.8) is 0 Å². The number of hydrogen-bond donors (Lipinski definition) is 1. The van der Waals surface area contributed by atoms with Gasteiger partial charge < -0.3 is 10.2 Å². The molecule has 0 bridgehead atoms. The van der Waals surface area contributed by atoms with Gasteiger partial charge in [-0.15, -0.1) is 11.3 Å². The molecule has 0 unspecified atom stereocenters. The van der Waals surface area contributed by atoms with E-state index in [0.717, 1.165) is 47.8 Å². The summed E-state index contributed by atoms with van der Waals surface area (Å²) in [6.45, 7) is 7.74. The highest BCUT2D eigenvalue weighted by atomic mass is 32.2. The lowest BCUT2D eigenvalue weighted by Crippen LogP contribution is -2.35. The van der Waals surface area contributed by atoms with Crippen LogP contribution >= 0.6 is 23.1 Å². The predicted octanol–water partition coefficient (Wildman–Crippen LogP) is 2.22. The maximum Gasteiger partial charge on any atom is 0.233 e. The van der Waals surface area contributed by atoms with Crippen LogP contribution in [-0.2, 0) is 4.79 Å². The number of hydrogen-bond acceptors (Lipinski definition) is 6. The van der Waals surface area contributed by atoms with E-state index in [1.165, 1.54) is 22.2 Å². The second kappa shape index (κ2) is 6.93. The van der Waals surface area contributed by atoms with Gasteiger partial charge in [0.1, 0.15) is 16.2 Å². The van der Waals surface area contributed by atoms with E-state index in [9.17, 15) is 4.79 Å². The molecule has 1 saturated heterocycles. The van der Waals surface area contributed by atoms with E-state index in [0.29, 0.717) is 5.75 Å². The van der Waals surface area contributed by atoms with E-state index in [1.807, 2.05) is 4.90 Å². The number of nitrogens with zero attached hydrogens (tertiary/aromatic N) is 3. The molecule has 0 atom stereocenters. The first-order valence-electron chi connectivity index (χ1n) is 7.49. The zero-order valence-corrected chi connectivity index (χ0v) is 14.5. The molecule has 1 fully saturated rings. The third-order valence-corrected chi connectivity index (χ3v) is 6.05. The summed E-state index contributed by atoms with van der Waals surface area (Å²) in [7, 11) is 0. The Morgan fingerprint density at radius 3 is 3.09 bits per heavy atom. The summed E-state index contributed by atoms with van der Waals surface area (Å²) in [4.78, 5) is 25.4. The molecule has 7 heteroatoms. The molecule has 1 aliphatic heterocycles. The quantitative estimate of drug-likeness (QED) is 0.688. The summed E-state index contributed by atoms with van der Waals surface area (Å²) >= 11 is 3.22. The molecule has 3 rings (SSSR count). The minimum atomic E-state index is 0.199. The highest BCUT2D eigenvalue weighted by Gasteiger charge is 2.18. The maximum absolute atomic E-state index is 12.4. The normalized spacial score (nSPS) is 16.0. The van der Waals surface area contributed by atoms with Gasteiger partial charge in [0.25, 0.3) is 0 Å². The summed E-state index contributed by atoms with van der Waals surface area (Å²) in [5.41, 5.74) is 1.23. The molecule has 1 N–H and O–H groups in total. The zero-order chi connectivity index (χ0) is 15.5. The minimum absolute atomic E-state index is 0.199. The van der Waals surface area contributed by atoms with Crippen molar-refractivity contribution in [2.24, 2.45) is 0 Å². The molecule has 2 aromatic rings. The molecule has 118 valence electrons. The van der Waals surface area contributed by atoms with E-state index in [2.05, 4.69) is 29.1 Å². The van der Waals surface area contributed by atoms with Gasteiger partial charge in [-0.3, -0.25) is 4.79 Å². The Bertz CT molecular complexity index is 677. The van der Waals surface area contributed by atoms with Crippen molar-refractivity contribution >= 4 is 39.2 Å². The predicted molar refractivity (Wildman–Crippen MR) is 91.7 cm³/mol. The number of nitrogens with one attached hydrogen (secondary N) is 1. The lowest BCUT2D eigenvalue weighted by Gasteiger charge is -2.19. The van der Waals surface area contributed by atoms with Gasteiger partial charge in [0.15, 0.2) is 0 Å². The Kier molecular flexibility index (Phi) is 4.95. The molecular formula is C15H20N4OS2. The number of aryl methyl sites for hydroxylation is 2. The summed E-state index contributed by atoms with van der Waals surface area (Å²) in [6, 6.07) is 0. The lowest BCUT2D eigenvalue weighted by atomic mass is 10.2. The molecule has 0 spiro atoms. The summed E-state index contributed by atoms with van der Waals surface area (Å²) < 4.78 is 0. The van der Waals surface area contributed by atoms with Crippen LogP contribution in [0.2, 0.25) is 0 Å². The molecular weight excluding hydrogens is 316 g/mol. The summed E-state index contributed by atoms with van der Waals surface area (Å²) in [5.74, 6) is 0.644. The number of carbonyl (C=O) groups is 1. The van der Waals surface area contributed by atoms with Crippen molar-refractivity contribution in [1.29, 1.82) is 0 Å². The van der Waals surface area contributed by atoms with Crippen LogP contribution in [0.15, 0.2) is 11.4 Å². The van der Waals surface area contributed by atoms with Gasteiger partial charge in [-0.1, -0.05) is 11.8 Å². The van der Waals surface area contributed by atoms with Crippen LogP contribution in [-0.4, -0.2) is 52.7 Å². The molecule has 0 aliphatic carbocycles. The van der Waals surface area contributed by atoms with E-state index in [4.69, 9.17) is 0 Å². The van der Waals surface area contributed by atoms with Crippen molar-refractivity contribution in [2.75, 3.05) is 31.9 Å². The van der Waals surface area contributed by atoms with E-state index in [1.54, 1.807) is 17.7 Å². The standard InChI is InChI=1S/C15H20N4OS2/c1-10-11(2)22-15-13(10)14(17-9-18-15)21-8-12(20)19-6-3-4-16-5-7-19/h9,16H,3-8H2,1-2H3. The lowest BCUT2D eigenvalue weighted by molar-refractivity contribution is -0.128. The Morgan fingerprint density at radius 2 is 2.23 bits per heavy atom. The van der Waals surface area contributed by atoms with E-state index >= 15 is 0 Å². The van der Waals surface area contributed by atoms with E-state index < -0.39 is 0 Å². The van der Waals surface area contributed by atoms with E-state index in [-0.39, 0.29) is 5.91 Å². The fourth-order valence-corrected chi connectivity index (χ4v) is 4.60. The van der Waals surface area contributed by atoms with Gasteiger partial charge >= 0.3 is 0 Å². The summed E-state index contributed by atoms with van der Waals surface area (Å²) in [5, 5.41) is 5.36. The van der Waals surface area contributed by atoms with Gasteiger partial charge in [0.05, 0.1) is 5.75 Å². The molecule has 0 saturated carbocycles. The van der Waals surface area contributed by atoms with Crippen molar-refractivity contribution in [3.8, 4) is 0 Å². The van der Waals surface area contributed by atoms with Gasteiger partial charge in [-0.2, -0.15) is 0 Å². The van der Waals surface area contributed by atoms with Crippen LogP contribution in [0.1, 0.15) is 16.9 Å². The Balaban J connectivity index is 1.72. The van der Waals surface area contributed by atoms with Crippen molar-refractivity contribution in [2.45, 2.75) is 25.3 Å². The number of amides is 1. The Labute approximate surface area is 138 Å². The van der Waals surface area contributed by atoms with Crippen LogP contribution < -0.4 is 5.32 Å². The highest BCUT2D eigenvalue weighted by molar-refractivity contribution is 8.00. The third-order valence-electron chi connectivity index (χ3n) is 3.96. The molecule has 1 aliphatic rings. The van der Waals surface area contributed by atoms with Crippen LogP contribution in [0.3, 0.4) is 0 Å². The molecule has 22 heavy (non-hydrogen) atoms. The Morgan fingerprint density at radius 1 is 1.36 bits per heavy atom. The third kappa shape index (κ3) is 3.26. The number of thiophene rings is 1. The van der Waals surface area contributed by atoms with Crippen LogP contribution in [0, 0.1) is 13.8 Å². The highest BCUT2D eigenvalue weighted by Crippen LogP contribution is 2.34. The minimum Gasteiger partial charge on any atom is -0.341 e. The average Bonchev–Trinajstić information content (AvgIpc) is 2.73. The first-order valence-corrected chi connectivity index (χ1v) is 9.29. The first-order chi connectivity index (χ1) is 10.7. The maximum atomic E-state index is 12.4. The van der Waals surface area contributed by atoms with Gasteiger partial charge in [0, 0.05) is 29.9 Å². The second-order valence-electron chi connectivity index (χ2n) is 5.42. The molecule has 0 radical (unpaired) electrons. The fourth-order valence-electron chi connectivity index (χ4n) is 2.58. The number of rotatable bonds is 3. The molecule has 0 aromatic carbocycles. The average molecular weight is 336 g/mol.